The van der Waals surface area contributed by atoms with E-state index in [9.17, 15) is 0 Å². The average Bonchev–Trinajstić information content (AvgIpc) is 3.53. The highest BCUT2D eigenvalue weighted by atomic mass is 15.0. The molecule has 0 unspecified atom stereocenters. The van der Waals surface area contributed by atoms with Gasteiger partial charge in [-0.15, -0.1) is 0 Å². The van der Waals surface area contributed by atoms with E-state index >= 15 is 0 Å². The molecule has 2 aromatic heterocycles. The number of fused-ring (bicyclic) bond motifs is 3. The molecule has 0 N–H and O–H groups in total. The Balaban J connectivity index is 1.27. The van der Waals surface area contributed by atoms with E-state index in [-0.39, 0.29) is 0 Å². The molecule has 0 spiro atoms. The molecular formula is C45H28N4. The van der Waals surface area contributed by atoms with Gasteiger partial charge in [0.1, 0.15) is 0 Å². The Bertz CT molecular complexity index is 2790. The van der Waals surface area contributed by atoms with Gasteiger partial charge in [-0.05, 0) is 57.6 Å². The van der Waals surface area contributed by atoms with Gasteiger partial charge >= 0.3 is 0 Å². The number of rotatable bonds is 5. The Hall–Kier alpha value is -6.65. The molecule has 0 radical (unpaired) electrons. The van der Waals surface area contributed by atoms with Gasteiger partial charge in [0.05, 0.1) is 11.0 Å². The molecule has 0 atom stereocenters. The maximum Gasteiger partial charge on any atom is 0.164 e. The van der Waals surface area contributed by atoms with Gasteiger partial charge in [0.2, 0.25) is 0 Å². The van der Waals surface area contributed by atoms with Crippen LogP contribution in [-0.2, 0) is 0 Å². The van der Waals surface area contributed by atoms with Crippen LogP contribution < -0.4 is 0 Å². The molecule has 10 aromatic rings. The topological polar surface area (TPSA) is 43.6 Å². The predicted molar refractivity (Wildman–Crippen MR) is 202 cm³/mol. The zero-order valence-electron chi connectivity index (χ0n) is 26.5. The SMILES string of the molecule is c1ccc(-c2ccc(-c3nc(-c4ccccc4)nc(-c4ccc5c6c4c4ccccc4c4cccc(c46)n5-c4ccccc4)n3)cc2)cc1. The average molecular weight is 625 g/mol. The van der Waals surface area contributed by atoms with E-state index in [1.807, 2.05) is 24.3 Å². The minimum atomic E-state index is 0.646. The summed E-state index contributed by atoms with van der Waals surface area (Å²) < 4.78 is 2.38. The maximum atomic E-state index is 5.23. The summed E-state index contributed by atoms with van der Waals surface area (Å²) in [4.78, 5) is 15.5. The van der Waals surface area contributed by atoms with E-state index in [1.165, 1.54) is 38.0 Å². The lowest BCUT2D eigenvalue weighted by Gasteiger charge is -2.14. The van der Waals surface area contributed by atoms with Gasteiger partial charge in [0.15, 0.2) is 17.5 Å². The Morgan fingerprint density at radius 1 is 0.306 bits per heavy atom. The molecule has 0 saturated heterocycles. The monoisotopic (exact) mass is 624 g/mol. The molecule has 0 aliphatic rings. The zero-order valence-corrected chi connectivity index (χ0v) is 26.5. The van der Waals surface area contributed by atoms with Crippen molar-refractivity contribution in [1.29, 1.82) is 0 Å². The van der Waals surface area contributed by atoms with E-state index in [1.54, 1.807) is 0 Å². The Morgan fingerprint density at radius 2 is 0.796 bits per heavy atom. The van der Waals surface area contributed by atoms with Crippen LogP contribution in [0.5, 0.6) is 0 Å². The van der Waals surface area contributed by atoms with Crippen LogP contribution >= 0.6 is 0 Å². The Labute approximate surface area is 283 Å². The van der Waals surface area contributed by atoms with E-state index < -0.39 is 0 Å². The van der Waals surface area contributed by atoms with Crippen molar-refractivity contribution in [3.8, 4) is 51.0 Å². The first-order chi connectivity index (χ1) is 24.3. The third-order valence-electron chi connectivity index (χ3n) is 9.62. The summed E-state index contributed by atoms with van der Waals surface area (Å²) in [6.45, 7) is 0. The molecule has 8 aromatic carbocycles. The molecular weight excluding hydrogens is 597 g/mol. The van der Waals surface area contributed by atoms with Gasteiger partial charge in [-0.1, -0.05) is 140 Å². The smallest absolute Gasteiger partial charge is 0.164 e. The molecule has 0 fully saturated rings. The molecule has 0 saturated carbocycles. The van der Waals surface area contributed by atoms with E-state index in [2.05, 4.69) is 150 Å². The lowest BCUT2D eigenvalue weighted by atomic mass is 9.91. The number of para-hydroxylation sites is 1. The first kappa shape index (κ1) is 27.5. The summed E-state index contributed by atoms with van der Waals surface area (Å²) in [7, 11) is 0. The molecule has 0 amide bonds. The molecule has 0 aliphatic heterocycles. The van der Waals surface area contributed by atoms with Gasteiger partial charge in [-0.3, -0.25) is 0 Å². The number of aromatic nitrogens is 4. The highest BCUT2D eigenvalue weighted by Gasteiger charge is 2.23. The van der Waals surface area contributed by atoms with Gasteiger partial charge in [0, 0.05) is 38.5 Å². The Morgan fingerprint density at radius 3 is 1.51 bits per heavy atom. The van der Waals surface area contributed by atoms with Crippen molar-refractivity contribution in [2.45, 2.75) is 0 Å². The highest BCUT2D eigenvalue weighted by molar-refractivity contribution is 6.36. The van der Waals surface area contributed by atoms with Crippen LogP contribution in [0.3, 0.4) is 0 Å². The second kappa shape index (κ2) is 11.0. The summed E-state index contributed by atoms with van der Waals surface area (Å²) in [5, 5.41) is 7.28. The van der Waals surface area contributed by atoms with Crippen LogP contribution in [-0.4, -0.2) is 19.5 Å². The second-order valence-electron chi connectivity index (χ2n) is 12.4. The van der Waals surface area contributed by atoms with Crippen molar-refractivity contribution in [3.63, 3.8) is 0 Å². The summed E-state index contributed by atoms with van der Waals surface area (Å²) in [5.74, 6) is 1.95. The van der Waals surface area contributed by atoms with Crippen molar-refractivity contribution in [2.24, 2.45) is 0 Å². The minimum absolute atomic E-state index is 0.646. The third kappa shape index (κ3) is 4.35. The highest BCUT2D eigenvalue weighted by Crippen LogP contribution is 2.46. The fraction of sp³-hybridized carbons (Fsp3) is 0. The molecule has 2 heterocycles. The number of benzene rings is 8. The maximum absolute atomic E-state index is 5.23. The number of hydrogen-bond acceptors (Lipinski definition) is 3. The van der Waals surface area contributed by atoms with E-state index in [0.29, 0.717) is 17.5 Å². The second-order valence-corrected chi connectivity index (χ2v) is 12.4. The lowest BCUT2D eigenvalue weighted by molar-refractivity contribution is 1.08. The van der Waals surface area contributed by atoms with Crippen LogP contribution in [0.4, 0.5) is 0 Å². The van der Waals surface area contributed by atoms with Crippen molar-refractivity contribution >= 4 is 43.4 Å². The van der Waals surface area contributed by atoms with Crippen LogP contribution in [0.15, 0.2) is 170 Å². The summed E-state index contributed by atoms with van der Waals surface area (Å²) in [6, 6.07) is 59.6. The van der Waals surface area contributed by atoms with Crippen LogP contribution in [0, 0.1) is 0 Å². The van der Waals surface area contributed by atoms with Gasteiger partial charge < -0.3 is 4.57 Å². The molecule has 0 aliphatic carbocycles. The van der Waals surface area contributed by atoms with Crippen LogP contribution in [0.1, 0.15) is 0 Å². The zero-order chi connectivity index (χ0) is 32.3. The normalized spacial score (nSPS) is 11.7. The van der Waals surface area contributed by atoms with Crippen LogP contribution in [0.2, 0.25) is 0 Å². The molecule has 0 bridgehead atoms. The van der Waals surface area contributed by atoms with Crippen molar-refractivity contribution in [3.05, 3.63) is 170 Å². The van der Waals surface area contributed by atoms with Crippen LogP contribution in [0.25, 0.3) is 94.3 Å². The molecule has 4 nitrogen and oxygen atoms in total. The van der Waals surface area contributed by atoms with Gasteiger partial charge in [0.25, 0.3) is 0 Å². The Kier molecular flexibility index (Phi) is 6.15. The molecule has 49 heavy (non-hydrogen) atoms. The summed E-state index contributed by atoms with van der Waals surface area (Å²) >= 11 is 0. The third-order valence-corrected chi connectivity index (χ3v) is 9.62. The fourth-order valence-corrected chi connectivity index (χ4v) is 7.42. The number of nitrogens with zero attached hydrogens (tertiary/aromatic N) is 4. The van der Waals surface area contributed by atoms with E-state index in [0.717, 1.165) is 38.8 Å². The predicted octanol–water partition coefficient (Wildman–Crippen LogP) is 11.4. The standard InChI is InChI=1S/C45H28N4/c1-4-13-29(14-5-1)30-23-25-32(26-24-30)44-46-43(31-15-6-2-7-16-31)47-45(48-44)37-27-28-39-42-40(37)35-20-11-10-19-34(35)36-21-12-22-38(41(36)42)49(39)33-17-8-3-9-18-33/h1-28H. The largest absolute Gasteiger partial charge is 0.309 e. The van der Waals surface area contributed by atoms with Gasteiger partial charge in [-0.25, -0.2) is 15.0 Å². The minimum Gasteiger partial charge on any atom is -0.309 e. The summed E-state index contributed by atoms with van der Waals surface area (Å²) in [6.07, 6.45) is 0. The summed E-state index contributed by atoms with van der Waals surface area (Å²) in [5.41, 5.74) is 8.70. The van der Waals surface area contributed by atoms with Gasteiger partial charge in [-0.2, -0.15) is 0 Å². The lowest BCUT2D eigenvalue weighted by Crippen LogP contribution is -2.01. The van der Waals surface area contributed by atoms with Crippen molar-refractivity contribution < 1.29 is 0 Å². The molecule has 4 heteroatoms. The van der Waals surface area contributed by atoms with Crippen molar-refractivity contribution in [2.75, 3.05) is 0 Å². The first-order valence-electron chi connectivity index (χ1n) is 16.5. The molecule has 10 rings (SSSR count). The number of hydrogen-bond donors (Lipinski definition) is 0. The molecule has 228 valence electrons. The first-order valence-corrected chi connectivity index (χ1v) is 16.5. The van der Waals surface area contributed by atoms with Crippen molar-refractivity contribution in [1.82, 2.24) is 19.5 Å². The quantitative estimate of drug-likeness (QED) is 0.179. The van der Waals surface area contributed by atoms with E-state index in [4.69, 9.17) is 15.0 Å². The fourth-order valence-electron chi connectivity index (χ4n) is 7.42.